The minimum Gasteiger partial charge on any atom is -0.490 e. The molecule has 4 heterocycles. The Kier molecular flexibility index (Phi) is 5.56. The highest BCUT2D eigenvalue weighted by atomic mass is 35.5. The molecular formula is C24H22ClF3N6O2. The van der Waals surface area contributed by atoms with Crippen molar-refractivity contribution in [2.24, 2.45) is 5.41 Å². The molecule has 12 heteroatoms. The van der Waals surface area contributed by atoms with Crippen LogP contribution in [0.4, 0.5) is 18.9 Å². The number of hydrogen-bond donors (Lipinski definition) is 1. The largest absolute Gasteiger partial charge is 0.490 e. The highest BCUT2D eigenvalue weighted by Gasteiger charge is 2.53. The molecule has 188 valence electrons. The minimum absolute atomic E-state index is 0.0174. The molecule has 1 aromatic carbocycles. The maximum Gasteiger partial charge on any atom is 0.321 e. The van der Waals surface area contributed by atoms with Gasteiger partial charge in [0.15, 0.2) is 11.5 Å². The fourth-order valence-corrected chi connectivity index (χ4v) is 5.63. The quantitative estimate of drug-likeness (QED) is 0.395. The number of likely N-dealkylation sites (tertiary alicyclic amines) is 1. The van der Waals surface area contributed by atoms with Crippen LogP contribution < -0.4 is 15.6 Å². The number of fused-ring (bicyclic) bond motifs is 2. The zero-order chi connectivity index (χ0) is 25.0. The summed E-state index contributed by atoms with van der Waals surface area (Å²) in [5, 5.41) is 11.4. The predicted octanol–water partition coefficient (Wildman–Crippen LogP) is 4.19. The van der Waals surface area contributed by atoms with Gasteiger partial charge in [0.1, 0.15) is 12.1 Å². The van der Waals surface area contributed by atoms with Crippen molar-refractivity contribution in [3.8, 4) is 5.75 Å². The van der Waals surface area contributed by atoms with Gasteiger partial charge in [-0.2, -0.15) is 8.78 Å². The van der Waals surface area contributed by atoms with E-state index in [4.69, 9.17) is 16.3 Å². The smallest absolute Gasteiger partial charge is 0.321 e. The Morgan fingerprint density at radius 2 is 2.06 bits per heavy atom. The summed E-state index contributed by atoms with van der Waals surface area (Å²) in [7, 11) is 0. The van der Waals surface area contributed by atoms with Crippen LogP contribution in [0.2, 0.25) is 5.02 Å². The number of rotatable bonds is 7. The number of hydrogen-bond acceptors (Lipinski definition) is 6. The fraction of sp³-hybridized carbons (Fsp3) is 0.375. The average Bonchev–Trinajstić information content (AvgIpc) is 3.24. The average molecular weight is 519 g/mol. The Bertz CT molecular complexity index is 1510. The van der Waals surface area contributed by atoms with Crippen molar-refractivity contribution < 1.29 is 17.9 Å². The second-order valence-electron chi connectivity index (χ2n) is 9.56. The molecule has 0 amide bonds. The lowest BCUT2D eigenvalue weighted by molar-refractivity contribution is -0.117. The van der Waals surface area contributed by atoms with Crippen molar-refractivity contribution in [3.05, 3.63) is 64.2 Å². The van der Waals surface area contributed by atoms with Crippen LogP contribution >= 0.6 is 11.6 Å². The Balaban J connectivity index is 1.02. The number of ether oxygens (including phenoxy) is 1. The molecule has 3 aromatic heterocycles. The highest BCUT2D eigenvalue weighted by molar-refractivity contribution is 6.35. The van der Waals surface area contributed by atoms with Gasteiger partial charge in [-0.1, -0.05) is 11.6 Å². The minimum atomic E-state index is -2.94. The first-order valence-corrected chi connectivity index (χ1v) is 11.9. The molecule has 6 rings (SSSR count). The van der Waals surface area contributed by atoms with Crippen LogP contribution in [-0.4, -0.2) is 56.3 Å². The van der Waals surface area contributed by atoms with E-state index < -0.39 is 12.1 Å². The van der Waals surface area contributed by atoms with E-state index in [9.17, 15) is 18.0 Å². The van der Waals surface area contributed by atoms with Gasteiger partial charge in [0.25, 0.3) is 5.56 Å². The van der Waals surface area contributed by atoms with Crippen LogP contribution in [0.15, 0.2) is 47.8 Å². The third kappa shape index (κ3) is 3.96. The number of nitrogens with one attached hydrogen (secondary N) is 1. The second-order valence-corrected chi connectivity index (χ2v) is 9.96. The second kappa shape index (κ2) is 8.67. The van der Waals surface area contributed by atoms with Gasteiger partial charge in [-0.05, 0) is 31.0 Å². The number of benzene rings is 1. The van der Waals surface area contributed by atoms with Crippen molar-refractivity contribution >= 4 is 33.7 Å². The maximum absolute atomic E-state index is 14.2. The molecule has 0 bridgehead atoms. The summed E-state index contributed by atoms with van der Waals surface area (Å²) in [4.78, 5) is 14.8. The van der Waals surface area contributed by atoms with E-state index in [0.717, 1.165) is 38.7 Å². The van der Waals surface area contributed by atoms with Gasteiger partial charge in [-0.3, -0.25) is 13.8 Å². The zero-order valence-electron chi connectivity index (χ0n) is 19.0. The first-order valence-electron chi connectivity index (χ1n) is 11.6. The highest BCUT2D eigenvalue weighted by Crippen LogP contribution is 2.50. The predicted molar refractivity (Wildman–Crippen MR) is 128 cm³/mol. The van der Waals surface area contributed by atoms with Gasteiger partial charge in [0.2, 0.25) is 0 Å². The summed E-state index contributed by atoms with van der Waals surface area (Å²) in [5.74, 6) is 0.115. The molecule has 1 saturated carbocycles. The zero-order valence-corrected chi connectivity index (χ0v) is 19.8. The third-order valence-corrected chi connectivity index (χ3v) is 7.39. The van der Waals surface area contributed by atoms with Crippen LogP contribution in [-0.2, 0) is 0 Å². The molecule has 2 fully saturated rings. The van der Waals surface area contributed by atoms with Crippen LogP contribution in [0.25, 0.3) is 16.4 Å². The van der Waals surface area contributed by atoms with Crippen molar-refractivity contribution in [1.29, 1.82) is 0 Å². The van der Waals surface area contributed by atoms with Gasteiger partial charge in [0, 0.05) is 55.4 Å². The molecule has 0 radical (unpaired) electrons. The maximum atomic E-state index is 14.2. The third-order valence-electron chi connectivity index (χ3n) is 7.08. The first-order chi connectivity index (χ1) is 17.3. The summed E-state index contributed by atoms with van der Waals surface area (Å²) in [5.41, 5.74) is 0.336. The van der Waals surface area contributed by atoms with E-state index in [1.54, 1.807) is 12.1 Å². The number of nitrogens with zero attached hydrogens (tertiary/aromatic N) is 5. The Hall–Kier alpha value is -3.31. The molecule has 1 spiro atoms. The van der Waals surface area contributed by atoms with Crippen molar-refractivity contribution in [1.82, 2.24) is 24.1 Å². The van der Waals surface area contributed by atoms with Crippen molar-refractivity contribution in [2.45, 2.75) is 25.5 Å². The Labute approximate surface area is 208 Å². The SMILES string of the molecule is O=c1c2c(Cl)ccc(OC3CC4(C3)CN(CCNc3cc5nncn5cc3F)C4)c2ccn1C(F)F. The van der Waals surface area contributed by atoms with Gasteiger partial charge in [-0.15, -0.1) is 10.2 Å². The Morgan fingerprint density at radius 3 is 2.83 bits per heavy atom. The lowest BCUT2D eigenvalue weighted by Crippen LogP contribution is -2.65. The topological polar surface area (TPSA) is 76.7 Å². The number of alkyl halides is 2. The van der Waals surface area contributed by atoms with E-state index in [1.165, 1.54) is 29.1 Å². The monoisotopic (exact) mass is 518 g/mol. The molecule has 8 nitrogen and oxygen atoms in total. The van der Waals surface area contributed by atoms with Crippen LogP contribution in [0.1, 0.15) is 19.4 Å². The number of aromatic nitrogens is 4. The normalized spacial score (nSPS) is 17.6. The summed E-state index contributed by atoms with van der Waals surface area (Å²) in [6, 6.07) is 6.26. The standard InChI is InChI=1S/C24H22ClF3N6O2/c25-16-1-2-19(15-3-5-34(23(27)28)22(35)21(15)16)36-14-8-24(9-14)11-32(12-24)6-4-29-18-7-20-31-30-13-33(20)10-17(18)26/h1-3,5,7,10,13-14,23,29H,4,6,8-9,11-12H2. The molecule has 1 saturated heterocycles. The van der Waals surface area contributed by atoms with Gasteiger partial charge < -0.3 is 15.0 Å². The van der Waals surface area contributed by atoms with E-state index in [1.807, 2.05) is 0 Å². The molecule has 4 aromatic rings. The molecule has 1 N–H and O–H groups in total. The summed E-state index contributed by atoms with van der Waals surface area (Å²) in [6.45, 7) is 0.302. The van der Waals surface area contributed by atoms with Crippen LogP contribution in [0.5, 0.6) is 5.75 Å². The summed E-state index contributed by atoms with van der Waals surface area (Å²) >= 11 is 6.15. The number of pyridine rings is 2. The first kappa shape index (κ1) is 23.1. The van der Waals surface area contributed by atoms with Gasteiger partial charge in [0.05, 0.1) is 22.2 Å². The van der Waals surface area contributed by atoms with Crippen LogP contribution in [0, 0.1) is 11.2 Å². The number of anilines is 1. The molecule has 0 atom stereocenters. The van der Waals surface area contributed by atoms with E-state index in [0.29, 0.717) is 33.6 Å². The van der Waals surface area contributed by atoms with E-state index >= 15 is 0 Å². The Morgan fingerprint density at radius 1 is 1.25 bits per heavy atom. The van der Waals surface area contributed by atoms with Gasteiger partial charge >= 0.3 is 6.55 Å². The molecule has 1 aliphatic heterocycles. The lowest BCUT2D eigenvalue weighted by Gasteiger charge is -2.58. The molecule has 0 unspecified atom stereocenters. The van der Waals surface area contributed by atoms with E-state index in [-0.39, 0.29) is 27.7 Å². The molecule has 1 aliphatic carbocycles. The fourth-order valence-electron chi connectivity index (χ4n) is 5.38. The number of halogens is 4. The molecule has 2 aliphatic rings. The summed E-state index contributed by atoms with van der Waals surface area (Å²) in [6.07, 6.45) is 5.59. The lowest BCUT2D eigenvalue weighted by atomic mass is 9.62. The molecular weight excluding hydrogens is 497 g/mol. The summed E-state index contributed by atoms with van der Waals surface area (Å²) < 4.78 is 48.4. The molecule has 36 heavy (non-hydrogen) atoms. The van der Waals surface area contributed by atoms with E-state index in [2.05, 4.69) is 20.4 Å². The van der Waals surface area contributed by atoms with Crippen molar-refractivity contribution in [2.75, 3.05) is 31.5 Å². The van der Waals surface area contributed by atoms with Gasteiger partial charge in [-0.25, -0.2) is 4.39 Å². The van der Waals surface area contributed by atoms with Crippen molar-refractivity contribution in [3.63, 3.8) is 0 Å². The van der Waals surface area contributed by atoms with Crippen LogP contribution in [0.3, 0.4) is 0 Å².